The lowest BCUT2D eigenvalue weighted by Crippen LogP contribution is -2.12. The Hall–Kier alpha value is -3.58. The van der Waals surface area contributed by atoms with Gasteiger partial charge in [0.15, 0.2) is 0 Å². The van der Waals surface area contributed by atoms with Gasteiger partial charge in [-0.2, -0.15) is 4.98 Å². The number of anilines is 1. The number of pyridine rings is 1. The van der Waals surface area contributed by atoms with Crippen LogP contribution in [0.15, 0.2) is 71.4 Å². The van der Waals surface area contributed by atoms with E-state index in [9.17, 15) is 9.18 Å². The zero-order chi connectivity index (χ0) is 19.5. The highest BCUT2D eigenvalue weighted by Gasteiger charge is 2.13. The average molecular weight is 395 g/mol. The molecule has 8 heteroatoms. The Bertz CT molecular complexity index is 1130. The number of nitrogens with zero attached hydrogens (tertiary/aromatic N) is 3. The van der Waals surface area contributed by atoms with Gasteiger partial charge in [0, 0.05) is 23.0 Å². The van der Waals surface area contributed by atoms with E-state index < -0.39 is 0 Å². The summed E-state index contributed by atoms with van der Waals surface area (Å²) >= 11 is 5.93. The molecule has 0 saturated heterocycles. The third-order valence-corrected chi connectivity index (χ3v) is 4.22. The van der Waals surface area contributed by atoms with Crippen LogP contribution in [-0.4, -0.2) is 21.0 Å². The molecule has 0 aliphatic rings. The summed E-state index contributed by atoms with van der Waals surface area (Å²) in [6.07, 6.45) is 1.51. The smallest absolute Gasteiger partial charge is 0.258 e. The lowest BCUT2D eigenvalue weighted by atomic mass is 10.2. The molecule has 2 aromatic heterocycles. The standard InChI is InChI=1S/C20H12ClFN4O2/c21-17-16(2-1-11-23-17)19(27)24-15-9-5-12(6-10-15)18-25-20(28-26-18)13-3-7-14(22)8-4-13/h1-11H,(H,24,27). The molecule has 0 radical (unpaired) electrons. The second-order valence-corrected chi connectivity index (χ2v) is 6.16. The van der Waals surface area contributed by atoms with Crippen LogP contribution in [0, 0.1) is 5.82 Å². The van der Waals surface area contributed by atoms with Gasteiger partial charge in [-0.25, -0.2) is 9.37 Å². The third-order valence-electron chi connectivity index (χ3n) is 3.92. The highest BCUT2D eigenvalue weighted by atomic mass is 35.5. The first-order valence-corrected chi connectivity index (χ1v) is 8.60. The molecule has 0 saturated carbocycles. The van der Waals surface area contributed by atoms with Crippen molar-refractivity contribution in [3.63, 3.8) is 0 Å². The third kappa shape index (κ3) is 3.74. The fourth-order valence-electron chi connectivity index (χ4n) is 2.51. The van der Waals surface area contributed by atoms with Crippen LogP contribution in [0.2, 0.25) is 5.15 Å². The van der Waals surface area contributed by atoms with Crippen molar-refractivity contribution in [2.75, 3.05) is 5.32 Å². The predicted molar refractivity (Wildman–Crippen MR) is 102 cm³/mol. The second-order valence-electron chi connectivity index (χ2n) is 5.80. The Kier molecular flexibility index (Phi) is 4.82. The Morgan fingerprint density at radius 1 is 1.00 bits per heavy atom. The van der Waals surface area contributed by atoms with Crippen molar-refractivity contribution < 1.29 is 13.7 Å². The van der Waals surface area contributed by atoms with Crippen molar-refractivity contribution >= 4 is 23.2 Å². The van der Waals surface area contributed by atoms with Gasteiger partial charge in [-0.15, -0.1) is 0 Å². The number of aromatic nitrogens is 3. The zero-order valence-electron chi connectivity index (χ0n) is 14.3. The largest absolute Gasteiger partial charge is 0.334 e. The van der Waals surface area contributed by atoms with E-state index in [2.05, 4.69) is 20.4 Å². The number of amides is 1. The van der Waals surface area contributed by atoms with Crippen LogP contribution >= 0.6 is 11.6 Å². The summed E-state index contributed by atoms with van der Waals surface area (Å²) in [4.78, 5) is 20.5. The number of rotatable bonds is 4. The molecule has 0 aliphatic carbocycles. The van der Waals surface area contributed by atoms with Crippen LogP contribution < -0.4 is 5.32 Å². The maximum absolute atomic E-state index is 13.0. The van der Waals surface area contributed by atoms with Crippen LogP contribution in [-0.2, 0) is 0 Å². The molecule has 28 heavy (non-hydrogen) atoms. The first-order valence-electron chi connectivity index (χ1n) is 8.22. The molecule has 0 aliphatic heterocycles. The van der Waals surface area contributed by atoms with Gasteiger partial charge in [0.2, 0.25) is 5.82 Å². The molecule has 0 unspecified atom stereocenters. The summed E-state index contributed by atoms with van der Waals surface area (Å²) in [7, 11) is 0. The predicted octanol–water partition coefficient (Wildman–Crippen LogP) is 4.84. The van der Waals surface area contributed by atoms with Crippen LogP contribution in [0.1, 0.15) is 10.4 Å². The van der Waals surface area contributed by atoms with Crippen molar-refractivity contribution in [3.8, 4) is 22.8 Å². The molecule has 4 aromatic rings. The normalized spacial score (nSPS) is 10.6. The van der Waals surface area contributed by atoms with E-state index in [0.717, 1.165) is 0 Å². The molecule has 2 heterocycles. The minimum Gasteiger partial charge on any atom is -0.334 e. The first kappa shape index (κ1) is 17.8. The highest BCUT2D eigenvalue weighted by Crippen LogP contribution is 2.24. The number of nitrogens with one attached hydrogen (secondary N) is 1. The molecule has 1 N–H and O–H groups in total. The average Bonchev–Trinajstić information content (AvgIpc) is 3.19. The zero-order valence-corrected chi connectivity index (χ0v) is 15.0. The number of carbonyl (C=O) groups is 1. The fourth-order valence-corrected chi connectivity index (χ4v) is 2.71. The van der Waals surface area contributed by atoms with Gasteiger partial charge in [0.25, 0.3) is 11.8 Å². The minimum absolute atomic E-state index is 0.136. The molecule has 138 valence electrons. The van der Waals surface area contributed by atoms with E-state index in [1.165, 1.54) is 18.3 Å². The summed E-state index contributed by atoms with van der Waals surface area (Å²) in [5.74, 6) is -0.0243. The monoisotopic (exact) mass is 394 g/mol. The van der Waals surface area contributed by atoms with E-state index in [-0.39, 0.29) is 22.4 Å². The molecule has 0 spiro atoms. The maximum Gasteiger partial charge on any atom is 0.258 e. The van der Waals surface area contributed by atoms with Crippen molar-refractivity contribution in [1.82, 2.24) is 15.1 Å². The summed E-state index contributed by atoms with van der Waals surface area (Å²) in [5.41, 5.74) is 2.19. The quantitative estimate of drug-likeness (QED) is 0.501. The molecule has 4 rings (SSSR count). The Labute approximate surface area is 164 Å². The SMILES string of the molecule is O=C(Nc1ccc(-c2noc(-c3ccc(F)cc3)n2)cc1)c1cccnc1Cl. The van der Waals surface area contributed by atoms with Crippen molar-refractivity contribution in [2.45, 2.75) is 0 Å². The summed E-state index contributed by atoms with van der Waals surface area (Å²) < 4.78 is 18.3. The lowest BCUT2D eigenvalue weighted by molar-refractivity contribution is 0.102. The molecular weight excluding hydrogens is 383 g/mol. The summed E-state index contributed by atoms with van der Waals surface area (Å²) in [6, 6.07) is 15.9. The van der Waals surface area contributed by atoms with E-state index in [0.29, 0.717) is 28.5 Å². The van der Waals surface area contributed by atoms with Crippen LogP contribution in [0.3, 0.4) is 0 Å². The van der Waals surface area contributed by atoms with Gasteiger partial charge in [0.1, 0.15) is 11.0 Å². The topological polar surface area (TPSA) is 80.9 Å². The van der Waals surface area contributed by atoms with Crippen LogP contribution in [0.25, 0.3) is 22.8 Å². The summed E-state index contributed by atoms with van der Waals surface area (Å²) in [5, 5.41) is 6.83. The Morgan fingerprint density at radius 3 is 2.43 bits per heavy atom. The molecule has 0 bridgehead atoms. The van der Waals surface area contributed by atoms with Crippen molar-refractivity contribution in [2.24, 2.45) is 0 Å². The molecular formula is C20H12ClFN4O2. The molecule has 0 atom stereocenters. The first-order chi connectivity index (χ1) is 13.6. The van der Waals surface area contributed by atoms with Crippen LogP contribution in [0.4, 0.5) is 10.1 Å². The fraction of sp³-hybridized carbons (Fsp3) is 0. The molecule has 2 aromatic carbocycles. The summed E-state index contributed by atoms with van der Waals surface area (Å²) in [6.45, 7) is 0. The number of carbonyl (C=O) groups excluding carboxylic acids is 1. The van der Waals surface area contributed by atoms with Gasteiger partial charge in [0.05, 0.1) is 5.56 Å². The molecule has 0 fully saturated rings. The minimum atomic E-state index is -0.357. The molecule has 6 nitrogen and oxygen atoms in total. The van der Waals surface area contributed by atoms with Crippen LogP contribution in [0.5, 0.6) is 0 Å². The van der Waals surface area contributed by atoms with Crippen molar-refractivity contribution in [1.29, 1.82) is 0 Å². The van der Waals surface area contributed by atoms with E-state index >= 15 is 0 Å². The van der Waals surface area contributed by atoms with E-state index in [1.54, 1.807) is 48.5 Å². The van der Waals surface area contributed by atoms with Gasteiger partial charge in [-0.3, -0.25) is 4.79 Å². The van der Waals surface area contributed by atoms with E-state index in [1.807, 2.05) is 0 Å². The van der Waals surface area contributed by atoms with Gasteiger partial charge < -0.3 is 9.84 Å². The number of benzene rings is 2. The second kappa shape index (κ2) is 7.58. The van der Waals surface area contributed by atoms with Gasteiger partial charge >= 0.3 is 0 Å². The van der Waals surface area contributed by atoms with Gasteiger partial charge in [-0.05, 0) is 60.7 Å². The number of hydrogen-bond acceptors (Lipinski definition) is 5. The Balaban J connectivity index is 1.50. The maximum atomic E-state index is 13.0. The Morgan fingerprint density at radius 2 is 1.71 bits per heavy atom. The molecule has 1 amide bonds. The lowest BCUT2D eigenvalue weighted by Gasteiger charge is -2.06. The van der Waals surface area contributed by atoms with Crippen molar-refractivity contribution in [3.05, 3.63) is 83.4 Å². The highest BCUT2D eigenvalue weighted by molar-refractivity contribution is 6.33. The number of halogens is 2. The van der Waals surface area contributed by atoms with Gasteiger partial charge in [-0.1, -0.05) is 16.8 Å². The number of hydrogen-bond donors (Lipinski definition) is 1. The van der Waals surface area contributed by atoms with E-state index in [4.69, 9.17) is 16.1 Å².